The number of aliphatic carboxylic acids is 1. The molecular formula is C22H24N2O5. The normalized spacial score (nSPS) is 17.9. The highest BCUT2D eigenvalue weighted by atomic mass is 16.5. The van der Waals surface area contributed by atoms with E-state index in [1.165, 1.54) is 6.07 Å². The van der Waals surface area contributed by atoms with E-state index >= 15 is 0 Å². The Balaban J connectivity index is 1.80. The second-order valence-corrected chi connectivity index (χ2v) is 6.96. The van der Waals surface area contributed by atoms with Crippen LogP contribution in [0.5, 0.6) is 0 Å². The lowest BCUT2D eigenvalue weighted by molar-refractivity contribution is -0.145. The number of carboxylic acids is 1. The molecule has 0 saturated carbocycles. The van der Waals surface area contributed by atoms with E-state index in [0.717, 1.165) is 6.42 Å². The van der Waals surface area contributed by atoms with Crippen LogP contribution in [-0.4, -0.2) is 35.6 Å². The molecule has 1 saturated heterocycles. The fourth-order valence-electron chi connectivity index (χ4n) is 3.43. The monoisotopic (exact) mass is 396 g/mol. The number of carboxylic acid groups (broad SMARTS) is 1. The van der Waals surface area contributed by atoms with Crippen molar-refractivity contribution in [1.82, 2.24) is 5.32 Å². The van der Waals surface area contributed by atoms with E-state index < -0.39 is 23.5 Å². The van der Waals surface area contributed by atoms with Crippen LogP contribution in [0.25, 0.3) is 0 Å². The molecule has 1 fully saturated rings. The molecule has 2 aromatic carbocycles. The molecule has 29 heavy (non-hydrogen) atoms. The van der Waals surface area contributed by atoms with Crippen LogP contribution in [0.3, 0.4) is 0 Å². The number of amides is 2. The van der Waals surface area contributed by atoms with Gasteiger partial charge in [-0.15, -0.1) is 0 Å². The molecule has 1 aliphatic rings. The zero-order valence-corrected chi connectivity index (χ0v) is 16.2. The van der Waals surface area contributed by atoms with Crippen molar-refractivity contribution >= 4 is 23.5 Å². The molecule has 152 valence electrons. The Labute approximate surface area is 169 Å². The minimum atomic E-state index is -1.55. The maximum atomic E-state index is 12.9. The average molecular weight is 396 g/mol. The van der Waals surface area contributed by atoms with Crippen LogP contribution in [0, 0.1) is 0 Å². The Hall–Kier alpha value is -3.19. The van der Waals surface area contributed by atoms with Gasteiger partial charge in [0, 0.05) is 17.9 Å². The van der Waals surface area contributed by atoms with Gasteiger partial charge in [0.25, 0.3) is 11.8 Å². The molecule has 2 unspecified atom stereocenters. The first-order valence-corrected chi connectivity index (χ1v) is 9.60. The molecule has 2 atom stereocenters. The van der Waals surface area contributed by atoms with Crippen LogP contribution < -0.4 is 10.6 Å². The Morgan fingerprint density at radius 3 is 2.52 bits per heavy atom. The van der Waals surface area contributed by atoms with Crippen LogP contribution >= 0.6 is 0 Å². The summed E-state index contributed by atoms with van der Waals surface area (Å²) in [7, 11) is 0. The molecular weight excluding hydrogens is 372 g/mol. The molecule has 7 nitrogen and oxygen atoms in total. The number of carbonyl (C=O) groups is 3. The number of carbonyl (C=O) groups excluding carboxylic acids is 2. The molecule has 7 heteroatoms. The third kappa shape index (κ3) is 4.46. The topological polar surface area (TPSA) is 105 Å². The van der Waals surface area contributed by atoms with E-state index in [0.29, 0.717) is 24.3 Å². The molecule has 0 bridgehead atoms. The molecule has 1 heterocycles. The number of benzene rings is 2. The average Bonchev–Trinajstić information content (AvgIpc) is 3.27. The van der Waals surface area contributed by atoms with Gasteiger partial charge in [-0.25, -0.2) is 4.79 Å². The first kappa shape index (κ1) is 20.5. The fourth-order valence-corrected chi connectivity index (χ4v) is 3.43. The Morgan fingerprint density at radius 2 is 1.90 bits per heavy atom. The number of ether oxygens (including phenoxy) is 1. The molecule has 3 rings (SSSR count). The van der Waals surface area contributed by atoms with Gasteiger partial charge in [-0.2, -0.15) is 0 Å². The first-order chi connectivity index (χ1) is 14.0. The Morgan fingerprint density at radius 1 is 1.14 bits per heavy atom. The van der Waals surface area contributed by atoms with Crippen LogP contribution in [0.4, 0.5) is 5.69 Å². The Bertz CT molecular complexity index is 893. The molecule has 0 aromatic heterocycles. The predicted octanol–water partition coefficient (Wildman–Crippen LogP) is 2.92. The summed E-state index contributed by atoms with van der Waals surface area (Å²) in [6.07, 6.45) is 1.20. The van der Waals surface area contributed by atoms with Crippen molar-refractivity contribution in [2.75, 3.05) is 11.9 Å². The number of anilines is 1. The van der Waals surface area contributed by atoms with Crippen LogP contribution in [0.1, 0.15) is 42.1 Å². The molecule has 0 radical (unpaired) electrons. The van der Waals surface area contributed by atoms with Crippen molar-refractivity contribution in [3.05, 3.63) is 65.7 Å². The van der Waals surface area contributed by atoms with E-state index in [1.54, 1.807) is 55.5 Å². The number of hydrogen-bond acceptors (Lipinski definition) is 4. The molecule has 3 N–H and O–H groups in total. The summed E-state index contributed by atoms with van der Waals surface area (Å²) < 4.78 is 5.36. The quantitative estimate of drug-likeness (QED) is 0.667. The van der Waals surface area contributed by atoms with Crippen molar-refractivity contribution in [3.63, 3.8) is 0 Å². The summed E-state index contributed by atoms with van der Waals surface area (Å²) in [4.78, 5) is 37.2. The summed E-state index contributed by atoms with van der Waals surface area (Å²) in [6, 6.07) is 15.0. The zero-order valence-electron chi connectivity index (χ0n) is 16.2. The summed E-state index contributed by atoms with van der Waals surface area (Å²) in [5.41, 5.74) is -0.346. The largest absolute Gasteiger partial charge is 0.479 e. The minimum Gasteiger partial charge on any atom is -0.479 e. The van der Waals surface area contributed by atoms with Crippen molar-refractivity contribution in [1.29, 1.82) is 0 Å². The van der Waals surface area contributed by atoms with E-state index in [2.05, 4.69) is 10.6 Å². The van der Waals surface area contributed by atoms with Crippen molar-refractivity contribution < 1.29 is 24.2 Å². The van der Waals surface area contributed by atoms with Gasteiger partial charge in [0.05, 0.1) is 0 Å². The van der Waals surface area contributed by atoms with Crippen molar-refractivity contribution in [2.24, 2.45) is 0 Å². The van der Waals surface area contributed by atoms with E-state index in [-0.39, 0.29) is 17.9 Å². The second kappa shape index (κ2) is 8.87. The Kier molecular flexibility index (Phi) is 6.29. The highest BCUT2D eigenvalue weighted by Crippen LogP contribution is 2.26. The standard InChI is InChI=1S/C22H24N2O5/c1-2-22(21(27)28,16-9-4-3-5-10-16)24-19(25)15-8-6-11-17(14-15)23-20(26)18-12-7-13-29-18/h3-6,8-11,14,18H,2,7,12-13H2,1H3,(H,23,26)(H,24,25)(H,27,28). The van der Waals surface area contributed by atoms with E-state index in [9.17, 15) is 19.5 Å². The lowest BCUT2D eigenvalue weighted by Gasteiger charge is -2.30. The van der Waals surface area contributed by atoms with Gasteiger partial charge in [0.15, 0.2) is 5.54 Å². The summed E-state index contributed by atoms with van der Waals surface area (Å²) in [6.45, 7) is 2.27. The molecule has 0 spiro atoms. The highest BCUT2D eigenvalue weighted by Gasteiger charge is 2.40. The molecule has 2 amide bonds. The second-order valence-electron chi connectivity index (χ2n) is 6.96. The third-order valence-electron chi connectivity index (χ3n) is 5.10. The number of hydrogen-bond donors (Lipinski definition) is 3. The maximum absolute atomic E-state index is 12.9. The first-order valence-electron chi connectivity index (χ1n) is 9.60. The van der Waals surface area contributed by atoms with Crippen LogP contribution in [-0.2, 0) is 19.9 Å². The van der Waals surface area contributed by atoms with Crippen LogP contribution in [0.15, 0.2) is 54.6 Å². The lowest BCUT2D eigenvalue weighted by atomic mass is 9.87. The lowest BCUT2D eigenvalue weighted by Crippen LogP contribution is -2.51. The zero-order chi connectivity index (χ0) is 20.9. The van der Waals surface area contributed by atoms with Gasteiger partial charge in [0.1, 0.15) is 6.10 Å². The van der Waals surface area contributed by atoms with Gasteiger partial charge < -0.3 is 20.5 Å². The SMILES string of the molecule is CCC(NC(=O)c1cccc(NC(=O)C2CCCO2)c1)(C(=O)O)c1ccccc1. The summed E-state index contributed by atoms with van der Waals surface area (Å²) in [5.74, 6) is -1.92. The number of nitrogens with one attached hydrogen (secondary N) is 2. The third-order valence-corrected chi connectivity index (χ3v) is 5.10. The summed E-state index contributed by atoms with van der Waals surface area (Å²) >= 11 is 0. The van der Waals surface area contributed by atoms with Gasteiger partial charge in [0.2, 0.25) is 0 Å². The smallest absolute Gasteiger partial charge is 0.334 e. The van der Waals surface area contributed by atoms with Crippen LogP contribution in [0.2, 0.25) is 0 Å². The fraction of sp³-hybridized carbons (Fsp3) is 0.318. The molecule has 2 aromatic rings. The summed E-state index contributed by atoms with van der Waals surface area (Å²) in [5, 5.41) is 15.3. The van der Waals surface area contributed by atoms with Gasteiger partial charge in [-0.1, -0.05) is 43.3 Å². The van der Waals surface area contributed by atoms with Gasteiger partial charge in [-0.3, -0.25) is 9.59 Å². The van der Waals surface area contributed by atoms with Crippen molar-refractivity contribution in [3.8, 4) is 0 Å². The van der Waals surface area contributed by atoms with Gasteiger partial charge in [-0.05, 0) is 43.0 Å². The van der Waals surface area contributed by atoms with Gasteiger partial charge >= 0.3 is 5.97 Å². The molecule has 1 aliphatic heterocycles. The predicted molar refractivity (Wildman–Crippen MR) is 108 cm³/mol. The minimum absolute atomic E-state index is 0.174. The number of rotatable bonds is 7. The molecule has 0 aliphatic carbocycles. The van der Waals surface area contributed by atoms with Crippen molar-refractivity contribution in [2.45, 2.75) is 37.8 Å². The van der Waals surface area contributed by atoms with E-state index in [1.807, 2.05) is 0 Å². The van der Waals surface area contributed by atoms with E-state index in [4.69, 9.17) is 4.74 Å². The maximum Gasteiger partial charge on any atom is 0.334 e. The highest BCUT2D eigenvalue weighted by molar-refractivity contribution is 6.00.